The van der Waals surface area contributed by atoms with Crippen LogP contribution >= 0.6 is 0 Å². The average Bonchev–Trinajstić information content (AvgIpc) is 3.24. The highest BCUT2D eigenvalue weighted by atomic mass is 19.1. The molecule has 0 spiro atoms. The molecular weight excluding hydrogens is 243 g/mol. The van der Waals surface area contributed by atoms with Crippen LogP contribution in [0.2, 0.25) is 0 Å². The SMILES string of the molecule is O=Cc1ccc(F)c(-c2ccc(OC3CC3)cc2)c1. The molecule has 96 valence electrons. The maximum absolute atomic E-state index is 13.8. The van der Waals surface area contributed by atoms with E-state index in [0.29, 0.717) is 23.5 Å². The van der Waals surface area contributed by atoms with E-state index in [0.717, 1.165) is 24.2 Å². The summed E-state index contributed by atoms with van der Waals surface area (Å²) < 4.78 is 19.4. The van der Waals surface area contributed by atoms with E-state index in [1.165, 1.54) is 12.1 Å². The molecule has 0 amide bonds. The maximum Gasteiger partial charge on any atom is 0.150 e. The van der Waals surface area contributed by atoms with Crippen LogP contribution in [-0.4, -0.2) is 12.4 Å². The molecule has 1 aliphatic rings. The molecule has 2 aromatic rings. The first-order chi connectivity index (χ1) is 9.26. The Hall–Kier alpha value is -2.16. The van der Waals surface area contributed by atoms with E-state index in [2.05, 4.69) is 0 Å². The fourth-order valence-corrected chi connectivity index (χ4v) is 1.93. The van der Waals surface area contributed by atoms with Gasteiger partial charge in [-0.05, 0) is 48.7 Å². The summed E-state index contributed by atoms with van der Waals surface area (Å²) in [7, 11) is 0. The van der Waals surface area contributed by atoms with Crippen molar-refractivity contribution in [2.75, 3.05) is 0 Å². The highest BCUT2D eigenvalue weighted by Gasteiger charge is 2.23. The van der Waals surface area contributed by atoms with Crippen molar-refractivity contribution in [3.05, 3.63) is 53.8 Å². The molecule has 0 atom stereocenters. The van der Waals surface area contributed by atoms with Gasteiger partial charge in [-0.1, -0.05) is 12.1 Å². The fraction of sp³-hybridized carbons (Fsp3) is 0.188. The number of ether oxygens (including phenoxy) is 1. The Balaban J connectivity index is 1.90. The first-order valence-electron chi connectivity index (χ1n) is 6.28. The summed E-state index contributed by atoms with van der Waals surface area (Å²) in [6.07, 6.45) is 3.28. The number of hydrogen-bond donors (Lipinski definition) is 0. The lowest BCUT2D eigenvalue weighted by atomic mass is 10.0. The van der Waals surface area contributed by atoms with Crippen molar-refractivity contribution in [2.45, 2.75) is 18.9 Å². The van der Waals surface area contributed by atoms with Gasteiger partial charge in [-0.3, -0.25) is 4.79 Å². The van der Waals surface area contributed by atoms with Crippen molar-refractivity contribution in [2.24, 2.45) is 0 Å². The molecule has 0 unspecified atom stereocenters. The van der Waals surface area contributed by atoms with Crippen molar-refractivity contribution >= 4 is 6.29 Å². The van der Waals surface area contributed by atoms with E-state index in [1.807, 2.05) is 24.3 Å². The van der Waals surface area contributed by atoms with Gasteiger partial charge in [-0.15, -0.1) is 0 Å². The predicted octanol–water partition coefficient (Wildman–Crippen LogP) is 3.85. The van der Waals surface area contributed by atoms with E-state index < -0.39 is 0 Å². The van der Waals surface area contributed by atoms with Crippen molar-refractivity contribution < 1.29 is 13.9 Å². The van der Waals surface area contributed by atoms with Gasteiger partial charge in [0.15, 0.2) is 0 Å². The molecule has 1 aliphatic carbocycles. The normalized spacial score (nSPS) is 14.2. The summed E-state index contributed by atoms with van der Waals surface area (Å²) >= 11 is 0. The smallest absolute Gasteiger partial charge is 0.150 e. The van der Waals surface area contributed by atoms with Crippen molar-refractivity contribution in [3.63, 3.8) is 0 Å². The van der Waals surface area contributed by atoms with E-state index >= 15 is 0 Å². The molecule has 3 heteroatoms. The first kappa shape index (κ1) is 11.9. The van der Waals surface area contributed by atoms with Crippen LogP contribution in [0, 0.1) is 5.82 Å². The summed E-state index contributed by atoms with van der Waals surface area (Å²) in [5.74, 6) is 0.472. The second-order valence-corrected chi connectivity index (χ2v) is 4.70. The number of carbonyl (C=O) groups excluding carboxylic acids is 1. The monoisotopic (exact) mass is 256 g/mol. The Morgan fingerprint density at radius 1 is 1.11 bits per heavy atom. The molecule has 0 bridgehead atoms. The van der Waals surface area contributed by atoms with Gasteiger partial charge >= 0.3 is 0 Å². The van der Waals surface area contributed by atoms with Crippen LogP contribution in [0.1, 0.15) is 23.2 Å². The van der Waals surface area contributed by atoms with Crippen molar-refractivity contribution in [1.82, 2.24) is 0 Å². The van der Waals surface area contributed by atoms with Gasteiger partial charge in [0.2, 0.25) is 0 Å². The Morgan fingerprint density at radius 2 is 1.84 bits per heavy atom. The third kappa shape index (κ3) is 2.65. The van der Waals surface area contributed by atoms with Crippen LogP contribution in [0.3, 0.4) is 0 Å². The number of rotatable bonds is 4. The number of halogens is 1. The summed E-state index contributed by atoms with van der Waals surface area (Å²) in [5.41, 5.74) is 1.64. The van der Waals surface area contributed by atoms with E-state index in [-0.39, 0.29) is 5.82 Å². The lowest BCUT2D eigenvalue weighted by Gasteiger charge is -2.07. The van der Waals surface area contributed by atoms with Gasteiger partial charge in [0, 0.05) is 11.1 Å². The Bertz CT molecular complexity index is 601. The second-order valence-electron chi connectivity index (χ2n) is 4.70. The first-order valence-corrected chi connectivity index (χ1v) is 6.28. The average molecular weight is 256 g/mol. The highest BCUT2D eigenvalue weighted by molar-refractivity contribution is 5.79. The fourth-order valence-electron chi connectivity index (χ4n) is 1.93. The highest BCUT2D eigenvalue weighted by Crippen LogP contribution is 2.29. The lowest BCUT2D eigenvalue weighted by Crippen LogP contribution is -1.95. The van der Waals surface area contributed by atoms with Gasteiger partial charge in [0.25, 0.3) is 0 Å². The molecule has 2 aromatic carbocycles. The third-order valence-electron chi connectivity index (χ3n) is 3.12. The maximum atomic E-state index is 13.8. The third-order valence-corrected chi connectivity index (χ3v) is 3.12. The molecule has 19 heavy (non-hydrogen) atoms. The van der Waals surface area contributed by atoms with Crippen LogP contribution in [0.5, 0.6) is 5.75 Å². The molecule has 0 saturated heterocycles. The molecule has 0 radical (unpaired) electrons. The van der Waals surface area contributed by atoms with Crippen molar-refractivity contribution in [3.8, 4) is 16.9 Å². The quantitative estimate of drug-likeness (QED) is 0.777. The minimum absolute atomic E-state index is 0.332. The minimum Gasteiger partial charge on any atom is -0.490 e. The molecule has 0 aliphatic heterocycles. The van der Waals surface area contributed by atoms with Crippen molar-refractivity contribution in [1.29, 1.82) is 0 Å². The van der Waals surface area contributed by atoms with E-state index in [1.54, 1.807) is 6.07 Å². The van der Waals surface area contributed by atoms with Crippen LogP contribution in [0.15, 0.2) is 42.5 Å². The summed E-state index contributed by atoms with van der Waals surface area (Å²) in [6, 6.07) is 11.6. The molecule has 0 heterocycles. The summed E-state index contributed by atoms with van der Waals surface area (Å²) in [5, 5.41) is 0. The second kappa shape index (κ2) is 4.84. The number of carbonyl (C=O) groups is 1. The van der Waals surface area contributed by atoms with Crippen LogP contribution in [-0.2, 0) is 0 Å². The Labute approximate surface area is 110 Å². The topological polar surface area (TPSA) is 26.3 Å². The number of hydrogen-bond acceptors (Lipinski definition) is 2. The van der Waals surface area contributed by atoms with E-state index in [9.17, 15) is 9.18 Å². The molecular formula is C16H13FO2. The van der Waals surface area contributed by atoms with Gasteiger partial charge in [0.1, 0.15) is 17.9 Å². The zero-order valence-corrected chi connectivity index (χ0v) is 10.3. The predicted molar refractivity (Wildman–Crippen MR) is 70.9 cm³/mol. The largest absolute Gasteiger partial charge is 0.490 e. The van der Waals surface area contributed by atoms with Gasteiger partial charge in [-0.2, -0.15) is 0 Å². The molecule has 2 nitrogen and oxygen atoms in total. The van der Waals surface area contributed by atoms with Gasteiger partial charge in [-0.25, -0.2) is 4.39 Å². The van der Waals surface area contributed by atoms with Crippen LogP contribution in [0.25, 0.3) is 11.1 Å². The number of aldehydes is 1. The van der Waals surface area contributed by atoms with Gasteiger partial charge < -0.3 is 4.74 Å². The molecule has 0 aromatic heterocycles. The minimum atomic E-state index is -0.332. The summed E-state index contributed by atoms with van der Waals surface area (Å²) in [6.45, 7) is 0. The van der Waals surface area contributed by atoms with Crippen LogP contribution < -0.4 is 4.74 Å². The molecule has 1 saturated carbocycles. The van der Waals surface area contributed by atoms with Gasteiger partial charge in [0.05, 0.1) is 6.10 Å². The van der Waals surface area contributed by atoms with Crippen LogP contribution in [0.4, 0.5) is 4.39 Å². The standard InChI is InChI=1S/C16H13FO2/c17-16-8-1-11(10-18)9-15(16)12-2-4-13(5-3-12)19-14-6-7-14/h1-5,8-10,14H,6-7H2. The number of benzene rings is 2. The zero-order valence-electron chi connectivity index (χ0n) is 10.3. The molecule has 1 fully saturated rings. The molecule has 3 rings (SSSR count). The Kier molecular flexibility index (Phi) is 3.03. The molecule has 0 N–H and O–H groups in total. The summed E-state index contributed by atoms with van der Waals surface area (Å²) in [4.78, 5) is 10.7. The van der Waals surface area contributed by atoms with E-state index in [4.69, 9.17) is 4.74 Å². The Morgan fingerprint density at radius 3 is 2.47 bits per heavy atom. The lowest BCUT2D eigenvalue weighted by molar-refractivity contribution is 0.112. The zero-order chi connectivity index (χ0) is 13.2.